The van der Waals surface area contributed by atoms with Crippen molar-refractivity contribution < 1.29 is 4.79 Å². The van der Waals surface area contributed by atoms with Crippen LogP contribution in [0, 0.1) is 13.8 Å². The quantitative estimate of drug-likeness (QED) is 0.234. The Labute approximate surface area is 208 Å². The summed E-state index contributed by atoms with van der Waals surface area (Å²) in [6.45, 7) is 3.92. The molecule has 5 rings (SSSR count). The van der Waals surface area contributed by atoms with E-state index in [0.717, 1.165) is 21.3 Å². The number of anilines is 1. The zero-order valence-corrected chi connectivity index (χ0v) is 20.7. The van der Waals surface area contributed by atoms with Crippen LogP contribution in [0.4, 0.5) is 5.13 Å². The van der Waals surface area contributed by atoms with Gasteiger partial charge in [0.2, 0.25) is 5.91 Å². The van der Waals surface area contributed by atoms with E-state index in [-0.39, 0.29) is 17.2 Å². The lowest BCUT2D eigenvalue weighted by Crippen LogP contribution is -2.23. The maximum atomic E-state index is 13.4. The van der Waals surface area contributed by atoms with E-state index < -0.39 is 0 Å². The van der Waals surface area contributed by atoms with Crippen molar-refractivity contribution in [1.29, 1.82) is 0 Å². The van der Waals surface area contributed by atoms with Crippen molar-refractivity contribution >= 4 is 66.9 Å². The first-order valence-corrected chi connectivity index (χ1v) is 12.7. The number of thiazole rings is 1. The molecule has 0 aliphatic heterocycles. The fourth-order valence-corrected chi connectivity index (χ4v) is 5.50. The van der Waals surface area contributed by atoms with Crippen molar-refractivity contribution in [3.05, 3.63) is 87.2 Å². The number of halogens is 1. The molecule has 3 aromatic carbocycles. The number of aromatic nitrogens is 3. The van der Waals surface area contributed by atoms with E-state index in [0.29, 0.717) is 31.9 Å². The van der Waals surface area contributed by atoms with Crippen molar-refractivity contribution in [3.63, 3.8) is 0 Å². The molecule has 9 heteroatoms. The first-order chi connectivity index (χ1) is 16.4. The molecule has 0 aliphatic carbocycles. The van der Waals surface area contributed by atoms with E-state index in [4.69, 9.17) is 11.6 Å². The predicted octanol–water partition coefficient (Wildman–Crippen LogP) is 6.00. The van der Waals surface area contributed by atoms with Crippen LogP contribution in [0.5, 0.6) is 0 Å². The molecule has 0 spiro atoms. The van der Waals surface area contributed by atoms with Gasteiger partial charge in [-0.05, 0) is 61.4 Å². The molecule has 1 N–H and O–H groups in total. The number of aryl methyl sites for hydroxylation is 2. The van der Waals surface area contributed by atoms with Gasteiger partial charge in [-0.25, -0.2) is 9.97 Å². The zero-order chi connectivity index (χ0) is 23.8. The molecule has 0 atom stereocenters. The van der Waals surface area contributed by atoms with Crippen molar-refractivity contribution in [3.8, 4) is 5.69 Å². The number of carbonyl (C=O) groups excluding carboxylic acids is 1. The molecular formula is C25H19ClN4O2S2. The summed E-state index contributed by atoms with van der Waals surface area (Å²) in [5.74, 6) is -0.157. The molecule has 0 saturated carbocycles. The molecule has 0 fully saturated rings. The van der Waals surface area contributed by atoms with Gasteiger partial charge < -0.3 is 5.32 Å². The fraction of sp³-hybridized carbons (Fsp3) is 0.120. The Kier molecular flexibility index (Phi) is 6.12. The number of thioether (sulfide) groups is 1. The van der Waals surface area contributed by atoms with Crippen LogP contribution in [0.3, 0.4) is 0 Å². The number of hydrogen-bond donors (Lipinski definition) is 1. The maximum Gasteiger partial charge on any atom is 0.266 e. The van der Waals surface area contributed by atoms with Crippen LogP contribution < -0.4 is 10.9 Å². The van der Waals surface area contributed by atoms with Crippen LogP contribution in [0.2, 0.25) is 5.02 Å². The van der Waals surface area contributed by atoms with Crippen LogP contribution in [0.15, 0.2) is 70.6 Å². The van der Waals surface area contributed by atoms with Gasteiger partial charge >= 0.3 is 0 Å². The first kappa shape index (κ1) is 22.6. The van der Waals surface area contributed by atoms with Gasteiger partial charge in [0, 0.05) is 5.02 Å². The molecule has 34 heavy (non-hydrogen) atoms. The van der Waals surface area contributed by atoms with Gasteiger partial charge in [-0.2, -0.15) is 0 Å². The third-order valence-corrected chi connectivity index (χ3v) is 7.56. The van der Waals surface area contributed by atoms with E-state index in [1.807, 2.05) is 50.2 Å². The van der Waals surface area contributed by atoms with Crippen LogP contribution in [-0.2, 0) is 4.79 Å². The molecular weight excluding hydrogens is 488 g/mol. The minimum atomic E-state index is -0.225. The highest BCUT2D eigenvalue weighted by molar-refractivity contribution is 7.99. The summed E-state index contributed by atoms with van der Waals surface area (Å²) in [6, 6.07) is 18.6. The minimum absolute atomic E-state index is 0.0688. The second-order valence-corrected chi connectivity index (χ2v) is 10.2. The summed E-state index contributed by atoms with van der Waals surface area (Å²) in [5, 5.41) is 4.87. The van der Waals surface area contributed by atoms with Crippen LogP contribution in [-0.4, -0.2) is 26.2 Å². The fourth-order valence-electron chi connectivity index (χ4n) is 3.53. The third kappa shape index (κ3) is 4.44. The number of nitrogens with one attached hydrogen (secondary N) is 1. The molecule has 0 radical (unpaired) electrons. The Balaban J connectivity index is 1.45. The van der Waals surface area contributed by atoms with Crippen LogP contribution in [0.25, 0.3) is 26.8 Å². The number of fused-ring (bicyclic) bond motifs is 2. The molecule has 1 amide bonds. The van der Waals surface area contributed by atoms with Gasteiger partial charge in [0.25, 0.3) is 5.56 Å². The first-order valence-electron chi connectivity index (χ1n) is 10.5. The predicted molar refractivity (Wildman–Crippen MR) is 141 cm³/mol. The number of hydrogen-bond acceptors (Lipinski definition) is 6. The largest absolute Gasteiger partial charge is 0.301 e. The second kappa shape index (κ2) is 9.21. The monoisotopic (exact) mass is 506 g/mol. The van der Waals surface area contributed by atoms with Gasteiger partial charge in [0.15, 0.2) is 10.3 Å². The number of para-hydroxylation sites is 1. The van der Waals surface area contributed by atoms with E-state index in [1.165, 1.54) is 27.7 Å². The summed E-state index contributed by atoms with van der Waals surface area (Å²) in [4.78, 5) is 35.2. The Hall–Kier alpha value is -3.20. The van der Waals surface area contributed by atoms with Gasteiger partial charge in [0.05, 0.1) is 32.6 Å². The molecule has 2 aromatic heterocycles. The smallest absolute Gasteiger partial charge is 0.266 e. The zero-order valence-electron chi connectivity index (χ0n) is 18.3. The summed E-state index contributed by atoms with van der Waals surface area (Å²) in [7, 11) is 0. The lowest BCUT2D eigenvalue weighted by atomic mass is 10.2. The standard InChI is InChI=1S/C25H19ClN4O2S2/c1-14-7-10-20-21(11-14)34-24(27-20)29-22(31)13-33-25-28-19-6-4-3-5-17(19)23(32)30(25)16-9-8-15(2)18(26)12-16/h3-12H,13H2,1-2H3,(H,27,29,31). The molecule has 0 bridgehead atoms. The molecule has 170 valence electrons. The third-order valence-electron chi connectivity index (χ3n) is 5.28. The van der Waals surface area contributed by atoms with Gasteiger partial charge in [-0.15, -0.1) is 0 Å². The highest BCUT2D eigenvalue weighted by Crippen LogP contribution is 2.28. The molecule has 0 saturated heterocycles. The highest BCUT2D eigenvalue weighted by Gasteiger charge is 2.16. The molecule has 0 unspecified atom stereocenters. The summed E-state index contributed by atoms with van der Waals surface area (Å²) >= 11 is 8.96. The van der Waals surface area contributed by atoms with Gasteiger partial charge in [-0.3, -0.25) is 14.2 Å². The second-order valence-electron chi connectivity index (χ2n) is 7.81. The lowest BCUT2D eigenvalue weighted by Gasteiger charge is -2.14. The Bertz CT molecular complexity index is 1630. The van der Waals surface area contributed by atoms with E-state index in [2.05, 4.69) is 15.3 Å². The van der Waals surface area contributed by atoms with E-state index in [9.17, 15) is 9.59 Å². The number of nitrogens with zero attached hydrogens (tertiary/aromatic N) is 3. The Morgan fingerprint density at radius 3 is 2.71 bits per heavy atom. The molecule has 6 nitrogen and oxygen atoms in total. The molecule has 2 heterocycles. The van der Waals surface area contributed by atoms with Crippen molar-refractivity contribution in [2.75, 3.05) is 11.1 Å². The maximum absolute atomic E-state index is 13.4. The normalized spacial score (nSPS) is 11.3. The number of rotatable bonds is 5. The van der Waals surface area contributed by atoms with Gasteiger partial charge in [-0.1, -0.05) is 59.0 Å². The Morgan fingerprint density at radius 2 is 1.88 bits per heavy atom. The average Bonchev–Trinajstić information content (AvgIpc) is 3.21. The SMILES string of the molecule is Cc1ccc2nc(NC(=O)CSc3nc4ccccc4c(=O)n3-c3ccc(C)c(Cl)c3)sc2c1. The number of carbonyl (C=O) groups is 1. The summed E-state index contributed by atoms with van der Waals surface area (Å²) in [6.07, 6.45) is 0. The Morgan fingerprint density at radius 1 is 1.06 bits per heavy atom. The summed E-state index contributed by atoms with van der Waals surface area (Å²) < 4.78 is 2.52. The minimum Gasteiger partial charge on any atom is -0.301 e. The van der Waals surface area contributed by atoms with Crippen LogP contribution >= 0.6 is 34.7 Å². The van der Waals surface area contributed by atoms with Crippen molar-refractivity contribution in [2.45, 2.75) is 19.0 Å². The molecule has 5 aromatic rings. The average molecular weight is 507 g/mol. The summed E-state index contributed by atoms with van der Waals surface area (Å²) in [5.41, 5.74) is 3.86. The topological polar surface area (TPSA) is 76.9 Å². The van der Waals surface area contributed by atoms with E-state index in [1.54, 1.807) is 24.3 Å². The molecule has 0 aliphatic rings. The van der Waals surface area contributed by atoms with E-state index >= 15 is 0 Å². The lowest BCUT2D eigenvalue weighted by molar-refractivity contribution is -0.113. The van der Waals surface area contributed by atoms with Crippen LogP contribution in [0.1, 0.15) is 11.1 Å². The van der Waals surface area contributed by atoms with Crippen molar-refractivity contribution in [1.82, 2.24) is 14.5 Å². The van der Waals surface area contributed by atoms with Gasteiger partial charge in [0.1, 0.15) is 0 Å². The number of benzene rings is 3. The highest BCUT2D eigenvalue weighted by atomic mass is 35.5. The number of amides is 1. The van der Waals surface area contributed by atoms with Crippen molar-refractivity contribution in [2.24, 2.45) is 0 Å².